The van der Waals surface area contributed by atoms with E-state index in [9.17, 15) is 18.6 Å². The largest absolute Gasteiger partial charge is 0.398 e. The van der Waals surface area contributed by atoms with Gasteiger partial charge in [0.2, 0.25) is 10.0 Å². The van der Waals surface area contributed by atoms with Gasteiger partial charge in [-0.05, 0) is 31.7 Å². The molecular weight excluding hydrogens is 282 g/mol. The number of anilines is 2. The van der Waals surface area contributed by atoms with Gasteiger partial charge in [-0.3, -0.25) is 0 Å². The third-order valence-corrected chi connectivity index (χ3v) is 4.75. The molecule has 0 aliphatic rings. The van der Waals surface area contributed by atoms with Gasteiger partial charge in [-0.15, -0.1) is 0 Å². The second-order valence-corrected chi connectivity index (χ2v) is 6.39. The maximum absolute atomic E-state index is 11.7. The van der Waals surface area contributed by atoms with Crippen molar-refractivity contribution in [2.24, 2.45) is 0 Å². The van der Waals surface area contributed by atoms with Crippen molar-refractivity contribution in [2.45, 2.75) is 23.8 Å². The second kappa shape index (κ2) is 6.40. The molecule has 0 spiro atoms. The lowest BCUT2D eigenvalue weighted by Gasteiger charge is -2.31. The number of nitrogen functional groups attached to an aromatic ring is 1. The van der Waals surface area contributed by atoms with E-state index in [-0.39, 0.29) is 23.8 Å². The van der Waals surface area contributed by atoms with Crippen LogP contribution >= 0.6 is 0 Å². The van der Waals surface area contributed by atoms with Crippen LogP contribution in [0.4, 0.5) is 11.4 Å². The van der Waals surface area contributed by atoms with Gasteiger partial charge in [0.05, 0.1) is 24.4 Å². The Morgan fingerprint density at radius 2 is 1.90 bits per heavy atom. The number of aliphatic hydroxyl groups is 2. The molecule has 0 aliphatic heterocycles. The van der Waals surface area contributed by atoms with Crippen LogP contribution in [0.5, 0.6) is 0 Å². The van der Waals surface area contributed by atoms with Crippen LogP contribution in [0.3, 0.4) is 0 Å². The number of aliphatic hydroxyl groups excluding tert-OH is 2. The van der Waals surface area contributed by atoms with Crippen molar-refractivity contribution in [1.29, 1.82) is 0 Å². The molecule has 0 saturated heterocycles. The van der Waals surface area contributed by atoms with Gasteiger partial charge in [0.1, 0.15) is 4.90 Å². The maximum Gasteiger partial charge on any atom is 0.242 e. The number of rotatable bonds is 7. The van der Waals surface area contributed by atoms with Crippen molar-refractivity contribution in [2.75, 3.05) is 31.3 Å². The third-order valence-electron chi connectivity index (χ3n) is 3.26. The molecule has 0 atom stereocenters. The fourth-order valence-electron chi connectivity index (χ4n) is 1.73. The topological polar surface area (TPSA) is 125 Å². The zero-order chi connectivity index (χ0) is 15.4. The molecule has 0 bridgehead atoms. The molecule has 0 heterocycles. The minimum absolute atomic E-state index is 0.0133. The van der Waals surface area contributed by atoms with Gasteiger partial charge in [0, 0.05) is 5.69 Å². The smallest absolute Gasteiger partial charge is 0.242 e. The molecular formula is C12H21N3O4S. The summed E-state index contributed by atoms with van der Waals surface area (Å²) in [6.07, 6.45) is 0.496. The molecule has 0 amide bonds. The normalized spacial score (nSPS) is 12.4. The number of hydrogen-bond donors (Lipinski definition) is 5. The van der Waals surface area contributed by atoms with Crippen LogP contribution in [0.15, 0.2) is 23.1 Å². The van der Waals surface area contributed by atoms with Crippen LogP contribution in [0.25, 0.3) is 0 Å². The number of sulfonamides is 1. The van der Waals surface area contributed by atoms with Crippen LogP contribution in [-0.2, 0) is 10.0 Å². The first-order valence-corrected chi connectivity index (χ1v) is 7.65. The first-order valence-electron chi connectivity index (χ1n) is 6.17. The number of nitrogens with one attached hydrogen (secondary N) is 2. The Labute approximate surface area is 118 Å². The van der Waals surface area contributed by atoms with Crippen LogP contribution < -0.4 is 15.8 Å². The molecule has 6 N–H and O–H groups in total. The van der Waals surface area contributed by atoms with E-state index in [0.29, 0.717) is 12.1 Å². The minimum Gasteiger partial charge on any atom is -0.398 e. The molecule has 1 rings (SSSR count). The summed E-state index contributed by atoms with van der Waals surface area (Å²) >= 11 is 0. The first-order chi connectivity index (χ1) is 9.34. The predicted octanol–water partition coefficient (Wildman–Crippen LogP) is -0.278. The summed E-state index contributed by atoms with van der Waals surface area (Å²) in [6, 6.07) is 4.37. The summed E-state index contributed by atoms with van der Waals surface area (Å²) in [6.45, 7) is 1.32. The average Bonchev–Trinajstić information content (AvgIpc) is 2.44. The Balaban J connectivity index is 3.11. The van der Waals surface area contributed by atoms with Crippen molar-refractivity contribution < 1.29 is 18.6 Å². The van der Waals surface area contributed by atoms with Crippen LogP contribution in [-0.4, -0.2) is 44.4 Å². The average molecular weight is 303 g/mol. The molecule has 0 aromatic heterocycles. The second-order valence-electron chi connectivity index (χ2n) is 4.54. The molecule has 0 unspecified atom stereocenters. The van der Waals surface area contributed by atoms with Crippen molar-refractivity contribution >= 4 is 21.4 Å². The van der Waals surface area contributed by atoms with Crippen LogP contribution in [0.1, 0.15) is 13.3 Å². The van der Waals surface area contributed by atoms with Crippen molar-refractivity contribution in [3.63, 3.8) is 0 Å². The number of nitrogens with two attached hydrogens (primary N) is 1. The van der Waals surface area contributed by atoms with Gasteiger partial charge in [-0.25, -0.2) is 13.1 Å². The summed E-state index contributed by atoms with van der Waals surface area (Å²) in [7, 11) is -2.30. The van der Waals surface area contributed by atoms with E-state index < -0.39 is 15.6 Å². The van der Waals surface area contributed by atoms with E-state index in [1.807, 2.05) is 6.92 Å². The van der Waals surface area contributed by atoms with Gasteiger partial charge >= 0.3 is 0 Å². The van der Waals surface area contributed by atoms with Gasteiger partial charge < -0.3 is 21.3 Å². The lowest BCUT2D eigenvalue weighted by atomic mass is 9.98. The van der Waals surface area contributed by atoms with E-state index in [0.717, 1.165) is 0 Å². The lowest BCUT2D eigenvalue weighted by Crippen LogP contribution is -2.45. The SMILES string of the molecule is CCC(CO)(CO)Nc1ccc(S(=O)(=O)NC)c(N)c1. The van der Waals surface area contributed by atoms with E-state index in [4.69, 9.17) is 5.73 Å². The summed E-state index contributed by atoms with van der Waals surface area (Å²) in [4.78, 5) is -0.0133. The highest BCUT2D eigenvalue weighted by Crippen LogP contribution is 2.25. The fraction of sp³-hybridized carbons (Fsp3) is 0.500. The summed E-state index contributed by atoms with van der Waals surface area (Å²) in [5, 5.41) is 21.7. The Kier molecular flexibility index (Phi) is 5.35. The van der Waals surface area contributed by atoms with Crippen molar-refractivity contribution in [3.05, 3.63) is 18.2 Å². The zero-order valence-electron chi connectivity index (χ0n) is 11.5. The summed E-state index contributed by atoms with van der Waals surface area (Å²) < 4.78 is 25.6. The molecule has 20 heavy (non-hydrogen) atoms. The monoisotopic (exact) mass is 303 g/mol. The van der Waals surface area contributed by atoms with Crippen LogP contribution in [0, 0.1) is 0 Å². The van der Waals surface area contributed by atoms with Gasteiger partial charge in [0.15, 0.2) is 0 Å². The Bertz CT molecular complexity index is 548. The number of benzene rings is 1. The van der Waals surface area contributed by atoms with Gasteiger partial charge in [-0.2, -0.15) is 0 Å². The van der Waals surface area contributed by atoms with Crippen molar-refractivity contribution in [3.8, 4) is 0 Å². The van der Waals surface area contributed by atoms with Crippen molar-refractivity contribution in [1.82, 2.24) is 4.72 Å². The molecule has 1 aromatic rings. The molecule has 114 valence electrons. The van der Waals surface area contributed by atoms with E-state index in [2.05, 4.69) is 10.0 Å². The Hall–Kier alpha value is -1.35. The van der Waals surface area contributed by atoms with Gasteiger partial charge in [0.25, 0.3) is 0 Å². The zero-order valence-corrected chi connectivity index (χ0v) is 12.4. The predicted molar refractivity (Wildman–Crippen MR) is 77.9 cm³/mol. The molecule has 0 radical (unpaired) electrons. The molecule has 0 aliphatic carbocycles. The molecule has 8 heteroatoms. The van der Waals surface area contributed by atoms with E-state index >= 15 is 0 Å². The number of hydrogen-bond acceptors (Lipinski definition) is 6. The Morgan fingerprint density at radius 1 is 1.30 bits per heavy atom. The molecule has 0 saturated carbocycles. The highest BCUT2D eigenvalue weighted by molar-refractivity contribution is 7.89. The standard InChI is InChI=1S/C12H21N3O4S/c1-3-12(7-16,8-17)15-9-4-5-11(10(13)6-9)20(18,19)14-2/h4-6,14-17H,3,7-8,13H2,1-2H3. The molecule has 7 nitrogen and oxygen atoms in total. The molecule has 1 aromatic carbocycles. The first kappa shape index (κ1) is 16.7. The van der Waals surface area contributed by atoms with Gasteiger partial charge in [-0.1, -0.05) is 6.92 Å². The third kappa shape index (κ3) is 3.40. The Morgan fingerprint density at radius 3 is 2.30 bits per heavy atom. The highest BCUT2D eigenvalue weighted by atomic mass is 32.2. The van der Waals surface area contributed by atoms with E-state index in [1.165, 1.54) is 25.2 Å². The quantitative estimate of drug-likeness (QED) is 0.441. The van der Waals surface area contributed by atoms with E-state index in [1.54, 1.807) is 0 Å². The molecule has 0 fully saturated rings. The minimum atomic E-state index is -3.61. The fourth-order valence-corrected chi connectivity index (χ4v) is 2.56. The van der Waals surface area contributed by atoms with Crippen LogP contribution in [0.2, 0.25) is 0 Å². The lowest BCUT2D eigenvalue weighted by molar-refractivity contribution is 0.132. The highest BCUT2D eigenvalue weighted by Gasteiger charge is 2.26. The summed E-state index contributed by atoms with van der Waals surface area (Å²) in [5.74, 6) is 0. The maximum atomic E-state index is 11.7. The summed E-state index contributed by atoms with van der Waals surface area (Å²) in [5.41, 5.74) is 5.50.